The van der Waals surface area contributed by atoms with Gasteiger partial charge in [0.2, 0.25) is 0 Å². The molecule has 21 heavy (non-hydrogen) atoms. The Morgan fingerprint density at radius 1 is 1.38 bits per heavy atom. The number of nitrogens with one attached hydrogen (secondary N) is 1. The van der Waals surface area contributed by atoms with E-state index in [2.05, 4.69) is 4.98 Å². The van der Waals surface area contributed by atoms with Gasteiger partial charge in [-0.25, -0.2) is 4.79 Å². The average molecular weight is 293 g/mol. The molecule has 116 valence electrons. The predicted octanol–water partition coefficient (Wildman–Crippen LogP) is 1.54. The molecule has 2 unspecified atom stereocenters. The Balaban J connectivity index is 1.61. The van der Waals surface area contributed by atoms with Crippen LogP contribution in [-0.2, 0) is 15.1 Å². The lowest BCUT2D eigenvalue weighted by molar-refractivity contribution is -0.922. The summed E-state index contributed by atoms with van der Waals surface area (Å²) >= 11 is 0. The number of carbonyl (C=O) groups excluding carboxylic acids is 1. The fourth-order valence-corrected chi connectivity index (χ4v) is 3.73. The van der Waals surface area contributed by atoms with E-state index in [4.69, 9.17) is 4.74 Å². The first-order valence-electron chi connectivity index (χ1n) is 7.94. The number of carbonyl (C=O) groups is 1. The van der Waals surface area contributed by atoms with Crippen molar-refractivity contribution < 1.29 is 19.1 Å². The average Bonchev–Trinajstić information content (AvgIpc) is 3.11. The molecule has 1 aromatic heterocycles. The van der Waals surface area contributed by atoms with Gasteiger partial charge in [0.05, 0.1) is 19.6 Å². The molecule has 0 radical (unpaired) electrons. The number of aromatic nitrogens is 1. The maximum Gasteiger partial charge on any atom is 0.343 e. The summed E-state index contributed by atoms with van der Waals surface area (Å²) in [5, 5.41) is 10.4. The SMILES string of the molecule is CC(O)(C(=O)OC1CC[N+]2(CCCCC2)C1)c1cc[nH]c1. The number of piperidine rings is 1. The molecule has 0 aromatic carbocycles. The van der Waals surface area contributed by atoms with Crippen LogP contribution in [-0.4, -0.2) is 52.8 Å². The lowest BCUT2D eigenvalue weighted by Gasteiger charge is -2.37. The minimum absolute atomic E-state index is 0.0546. The van der Waals surface area contributed by atoms with Crippen LogP contribution in [0.5, 0.6) is 0 Å². The van der Waals surface area contributed by atoms with Crippen molar-refractivity contribution in [3.05, 3.63) is 24.0 Å². The smallest absolute Gasteiger partial charge is 0.343 e. The second-order valence-corrected chi connectivity index (χ2v) is 6.74. The van der Waals surface area contributed by atoms with Gasteiger partial charge in [-0.05, 0) is 32.3 Å². The molecule has 0 bridgehead atoms. The highest BCUT2D eigenvalue weighted by molar-refractivity contribution is 5.80. The van der Waals surface area contributed by atoms with Crippen molar-refractivity contribution in [2.45, 2.75) is 44.3 Å². The topological polar surface area (TPSA) is 62.3 Å². The normalized spacial score (nSPS) is 27.4. The van der Waals surface area contributed by atoms with Crippen LogP contribution in [0.2, 0.25) is 0 Å². The number of hydrogen-bond acceptors (Lipinski definition) is 3. The van der Waals surface area contributed by atoms with Crippen molar-refractivity contribution in [2.24, 2.45) is 0 Å². The Labute approximate surface area is 125 Å². The molecular formula is C16H25N2O3+. The molecule has 0 aliphatic carbocycles. The van der Waals surface area contributed by atoms with Gasteiger partial charge in [-0.3, -0.25) is 0 Å². The van der Waals surface area contributed by atoms with Crippen LogP contribution in [0.4, 0.5) is 0 Å². The van der Waals surface area contributed by atoms with Crippen molar-refractivity contribution in [1.82, 2.24) is 4.98 Å². The van der Waals surface area contributed by atoms with E-state index < -0.39 is 11.6 Å². The molecular weight excluding hydrogens is 268 g/mol. The van der Waals surface area contributed by atoms with Gasteiger partial charge in [-0.1, -0.05) is 0 Å². The molecule has 5 heteroatoms. The van der Waals surface area contributed by atoms with E-state index in [1.807, 2.05) is 0 Å². The summed E-state index contributed by atoms with van der Waals surface area (Å²) in [6.45, 7) is 5.93. The third-order valence-corrected chi connectivity index (χ3v) is 5.11. The van der Waals surface area contributed by atoms with Crippen LogP contribution in [0.1, 0.15) is 38.2 Å². The number of quaternary nitrogens is 1. The zero-order chi connectivity index (χ0) is 14.9. The molecule has 0 saturated carbocycles. The molecule has 2 aliphatic heterocycles. The zero-order valence-electron chi connectivity index (χ0n) is 12.7. The number of nitrogens with zero attached hydrogens (tertiary/aromatic N) is 1. The first-order chi connectivity index (χ1) is 10.0. The van der Waals surface area contributed by atoms with Gasteiger partial charge >= 0.3 is 5.97 Å². The van der Waals surface area contributed by atoms with E-state index in [1.165, 1.54) is 39.3 Å². The standard InChI is InChI=1S/C16H25N2O3/c1-16(20,13-5-7-17-11-13)15(19)21-14-6-10-18(12-14)8-3-2-4-9-18/h5,7,11,14,17,20H,2-4,6,8-10,12H2,1H3/q+1. The van der Waals surface area contributed by atoms with Gasteiger partial charge in [0, 0.05) is 24.4 Å². The van der Waals surface area contributed by atoms with Gasteiger partial charge in [0.25, 0.3) is 0 Å². The lowest BCUT2D eigenvalue weighted by Crippen LogP contribution is -2.50. The predicted molar refractivity (Wildman–Crippen MR) is 78.4 cm³/mol. The van der Waals surface area contributed by atoms with Crippen molar-refractivity contribution in [2.75, 3.05) is 26.2 Å². The van der Waals surface area contributed by atoms with E-state index in [0.29, 0.717) is 5.56 Å². The van der Waals surface area contributed by atoms with E-state index in [0.717, 1.165) is 24.0 Å². The Kier molecular flexibility index (Phi) is 3.80. The minimum atomic E-state index is -1.57. The Morgan fingerprint density at radius 2 is 2.14 bits per heavy atom. The second-order valence-electron chi connectivity index (χ2n) is 6.74. The summed E-state index contributed by atoms with van der Waals surface area (Å²) in [6.07, 6.45) is 8.07. The van der Waals surface area contributed by atoms with E-state index in [1.54, 1.807) is 18.5 Å². The Bertz CT molecular complexity index is 490. The minimum Gasteiger partial charge on any atom is -0.454 e. The highest BCUT2D eigenvalue weighted by atomic mass is 16.6. The van der Waals surface area contributed by atoms with Gasteiger partial charge < -0.3 is 19.3 Å². The van der Waals surface area contributed by atoms with Crippen LogP contribution >= 0.6 is 0 Å². The Morgan fingerprint density at radius 3 is 2.81 bits per heavy atom. The molecule has 3 heterocycles. The van der Waals surface area contributed by atoms with Crippen molar-refractivity contribution in [3.8, 4) is 0 Å². The molecule has 2 fully saturated rings. The highest BCUT2D eigenvalue weighted by Crippen LogP contribution is 2.29. The number of aromatic amines is 1. The molecule has 2 saturated heterocycles. The molecule has 2 atom stereocenters. The summed E-state index contributed by atoms with van der Waals surface area (Å²) in [5.41, 5.74) is -1.03. The quantitative estimate of drug-likeness (QED) is 0.656. The first-order valence-corrected chi connectivity index (χ1v) is 7.94. The van der Waals surface area contributed by atoms with Crippen LogP contribution < -0.4 is 0 Å². The lowest BCUT2D eigenvalue weighted by atomic mass is 9.99. The summed E-state index contributed by atoms with van der Waals surface area (Å²) in [7, 11) is 0. The molecule has 1 spiro atoms. The molecule has 5 nitrogen and oxygen atoms in total. The summed E-state index contributed by atoms with van der Waals surface area (Å²) < 4.78 is 6.71. The monoisotopic (exact) mass is 293 g/mol. The number of aliphatic hydroxyl groups is 1. The van der Waals surface area contributed by atoms with Crippen LogP contribution in [0.15, 0.2) is 18.5 Å². The van der Waals surface area contributed by atoms with Crippen molar-refractivity contribution in [1.29, 1.82) is 0 Å². The number of H-pyrrole nitrogens is 1. The number of rotatable bonds is 3. The van der Waals surface area contributed by atoms with E-state index in [9.17, 15) is 9.90 Å². The summed E-state index contributed by atoms with van der Waals surface area (Å²) in [5.74, 6) is -0.538. The van der Waals surface area contributed by atoms with Crippen LogP contribution in [0.3, 0.4) is 0 Å². The zero-order valence-corrected chi connectivity index (χ0v) is 12.7. The van der Waals surface area contributed by atoms with Gasteiger partial charge in [-0.2, -0.15) is 0 Å². The highest BCUT2D eigenvalue weighted by Gasteiger charge is 2.43. The molecule has 0 amide bonds. The van der Waals surface area contributed by atoms with Gasteiger partial charge in [0.15, 0.2) is 11.7 Å². The van der Waals surface area contributed by atoms with Gasteiger partial charge in [0.1, 0.15) is 6.54 Å². The maximum absolute atomic E-state index is 12.3. The summed E-state index contributed by atoms with van der Waals surface area (Å²) in [4.78, 5) is 15.2. The second kappa shape index (κ2) is 5.46. The third-order valence-electron chi connectivity index (χ3n) is 5.11. The summed E-state index contributed by atoms with van der Waals surface area (Å²) in [6, 6.07) is 1.70. The number of esters is 1. The number of hydrogen-bond donors (Lipinski definition) is 2. The molecule has 2 aliphatic rings. The molecule has 1 aromatic rings. The van der Waals surface area contributed by atoms with E-state index >= 15 is 0 Å². The maximum atomic E-state index is 12.3. The van der Waals surface area contributed by atoms with Crippen LogP contribution in [0, 0.1) is 0 Å². The van der Waals surface area contributed by atoms with Gasteiger partial charge in [-0.15, -0.1) is 0 Å². The number of ether oxygens (including phenoxy) is 1. The molecule has 3 rings (SSSR count). The van der Waals surface area contributed by atoms with Crippen molar-refractivity contribution >= 4 is 5.97 Å². The van der Waals surface area contributed by atoms with Crippen molar-refractivity contribution in [3.63, 3.8) is 0 Å². The van der Waals surface area contributed by atoms with Crippen LogP contribution in [0.25, 0.3) is 0 Å². The largest absolute Gasteiger partial charge is 0.454 e. The third kappa shape index (κ3) is 2.85. The van der Waals surface area contributed by atoms with E-state index in [-0.39, 0.29) is 6.10 Å². The molecule has 2 N–H and O–H groups in total. The Hall–Kier alpha value is -1.33. The first kappa shape index (κ1) is 14.6. The fraction of sp³-hybridized carbons (Fsp3) is 0.688. The fourth-order valence-electron chi connectivity index (χ4n) is 3.73.